The first kappa shape index (κ1) is 11.8. The van der Waals surface area contributed by atoms with Gasteiger partial charge >= 0.3 is 0 Å². The summed E-state index contributed by atoms with van der Waals surface area (Å²) in [5.74, 6) is -0.0375. The van der Waals surface area contributed by atoms with Gasteiger partial charge in [-0.05, 0) is 37.1 Å². The van der Waals surface area contributed by atoms with E-state index in [4.69, 9.17) is 5.26 Å². The third-order valence-electron chi connectivity index (χ3n) is 2.94. The summed E-state index contributed by atoms with van der Waals surface area (Å²) in [6.45, 7) is 0. The van der Waals surface area contributed by atoms with Gasteiger partial charge < -0.3 is 0 Å². The molecule has 3 atom stereocenters. The van der Waals surface area contributed by atoms with Crippen LogP contribution in [0.3, 0.4) is 0 Å². The third kappa shape index (κ3) is 2.36. The molecule has 0 heterocycles. The van der Waals surface area contributed by atoms with Crippen LogP contribution in [0.1, 0.15) is 19.3 Å². The molecule has 0 aromatic heterocycles. The van der Waals surface area contributed by atoms with Crippen LogP contribution in [-0.2, 0) is 10.8 Å². The van der Waals surface area contributed by atoms with Crippen molar-refractivity contribution in [2.45, 2.75) is 29.4 Å². The fraction of sp³-hybridized carbons (Fsp3) is 0.417. The fourth-order valence-electron chi connectivity index (χ4n) is 2.07. The molecule has 16 heavy (non-hydrogen) atoms. The lowest BCUT2D eigenvalue weighted by molar-refractivity contribution is 0.646. The molecule has 1 aliphatic carbocycles. The molecule has 1 saturated carbocycles. The van der Waals surface area contributed by atoms with Crippen molar-refractivity contribution < 1.29 is 4.21 Å². The van der Waals surface area contributed by atoms with Gasteiger partial charge in [0.1, 0.15) is 0 Å². The molecule has 1 aromatic carbocycles. The van der Waals surface area contributed by atoms with Crippen molar-refractivity contribution >= 4 is 26.7 Å². The Morgan fingerprint density at radius 1 is 1.31 bits per heavy atom. The Labute approximate surface area is 106 Å². The van der Waals surface area contributed by atoms with Gasteiger partial charge in [-0.3, -0.25) is 4.21 Å². The number of hydrogen-bond acceptors (Lipinski definition) is 2. The lowest BCUT2D eigenvalue weighted by atomic mass is 10.1. The van der Waals surface area contributed by atoms with Gasteiger partial charge in [0, 0.05) is 9.37 Å². The number of halogens is 1. The first-order valence-electron chi connectivity index (χ1n) is 5.28. The summed E-state index contributed by atoms with van der Waals surface area (Å²) in [4.78, 5) is 0.829. The molecule has 0 amide bonds. The maximum Gasteiger partial charge on any atom is 0.0668 e. The second-order valence-corrected chi connectivity index (χ2v) is 6.54. The lowest BCUT2D eigenvalue weighted by Crippen LogP contribution is -2.18. The smallest absolute Gasteiger partial charge is 0.0668 e. The summed E-state index contributed by atoms with van der Waals surface area (Å²) >= 11 is 3.35. The zero-order valence-corrected chi connectivity index (χ0v) is 11.1. The molecule has 0 spiro atoms. The van der Waals surface area contributed by atoms with E-state index in [0.29, 0.717) is 0 Å². The number of rotatable bonds is 2. The first-order valence-corrected chi connectivity index (χ1v) is 7.28. The van der Waals surface area contributed by atoms with Crippen LogP contribution in [0.15, 0.2) is 33.6 Å². The van der Waals surface area contributed by atoms with Gasteiger partial charge in [0.2, 0.25) is 0 Å². The Balaban J connectivity index is 2.19. The van der Waals surface area contributed by atoms with E-state index >= 15 is 0 Å². The molecule has 2 nitrogen and oxygen atoms in total. The minimum absolute atomic E-state index is 0.0196. The van der Waals surface area contributed by atoms with Crippen molar-refractivity contribution in [1.82, 2.24) is 0 Å². The highest BCUT2D eigenvalue weighted by Crippen LogP contribution is 2.32. The Kier molecular flexibility index (Phi) is 3.78. The monoisotopic (exact) mass is 297 g/mol. The van der Waals surface area contributed by atoms with Crippen molar-refractivity contribution in [2.75, 3.05) is 0 Å². The largest absolute Gasteiger partial charge is 0.254 e. The van der Waals surface area contributed by atoms with Gasteiger partial charge in [0.15, 0.2) is 0 Å². The van der Waals surface area contributed by atoms with E-state index in [1.807, 2.05) is 24.3 Å². The van der Waals surface area contributed by atoms with Crippen LogP contribution in [0, 0.1) is 17.2 Å². The van der Waals surface area contributed by atoms with Crippen LogP contribution >= 0.6 is 15.9 Å². The minimum atomic E-state index is -1.04. The van der Waals surface area contributed by atoms with Crippen molar-refractivity contribution in [3.63, 3.8) is 0 Å². The average molecular weight is 298 g/mol. The summed E-state index contributed by atoms with van der Waals surface area (Å²) in [6, 6.07) is 9.79. The van der Waals surface area contributed by atoms with Crippen molar-refractivity contribution in [3.8, 4) is 6.07 Å². The fourth-order valence-corrected chi connectivity index (χ4v) is 3.97. The Hall–Kier alpha value is -0.660. The summed E-state index contributed by atoms with van der Waals surface area (Å²) < 4.78 is 13.3. The van der Waals surface area contributed by atoms with Gasteiger partial charge in [-0.15, -0.1) is 0 Å². The molecule has 0 radical (unpaired) electrons. The van der Waals surface area contributed by atoms with Crippen molar-refractivity contribution in [2.24, 2.45) is 5.92 Å². The Bertz CT molecular complexity index is 437. The number of nitrogens with zero attached hydrogens (tertiary/aromatic N) is 1. The topological polar surface area (TPSA) is 40.9 Å². The number of nitriles is 1. The van der Waals surface area contributed by atoms with E-state index in [0.717, 1.165) is 28.6 Å². The normalized spacial score (nSPS) is 26.2. The highest BCUT2D eigenvalue weighted by Gasteiger charge is 2.32. The summed E-state index contributed by atoms with van der Waals surface area (Å²) in [7, 11) is -1.04. The molecule has 2 rings (SSSR count). The van der Waals surface area contributed by atoms with Crippen LogP contribution in [0.5, 0.6) is 0 Å². The second-order valence-electron chi connectivity index (χ2n) is 3.96. The SMILES string of the molecule is N#CC1CCCC1S(=O)c1ccc(Br)cc1. The molecule has 0 aliphatic heterocycles. The number of benzene rings is 1. The maximum atomic E-state index is 12.3. The molecule has 1 aliphatic rings. The molecule has 1 fully saturated rings. The summed E-state index contributed by atoms with van der Waals surface area (Å²) in [6.07, 6.45) is 2.81. The molecular formula is C12H12BrNOS. The van der Waals surface area contributed by atoms with Gasteiger partial charge in [-0.1, -0.05) is 22.4 Å². The van der Waals surface area contributed by atoms with Gasteiger partial charge in [0.05, 0.1) is 28.0 Å². The van der Waals surface area contributed by atoms with Gasteiger partial charge in [-0.2, -0.15) is 5.26 Å². The Morgan fingerprint density at radius 2 is 2.00 bits per heavy atom. The van der Waals surface area contributed by atoms with Crippen LogP contribution in [0.25, 0.3) is 0 Å². The van der Waals surface area contributed by atoms with Gasteiger partial charge in [-0.25, -0.2) is 0 Å². The van der Waals surface area contributed by atoms with Crippen LogP contribution in [-0.4, -0.2) is 9.46 Å². The lowest BCUT2D eigenvalue weighted by Gasteiger charge is -2.12. The highest BCUT2D eigenvalue weighted by molar-refractivity contribution is 9.10. The standard InChI is InChI=1S/C12H12BrNOS/c13-10-4-6-11(7-5-10)16(15)12-3-1-2-9(12)8-14/h4-7,9,12H,1-3H2. The van der Waals surface area contributed by atoms with E-state index in [-0.39, 0.29) is 11.2 Å². The van der Waals surface area contributed by atoms with E-state index in [2.05, 4.69) is 22.0 Å². The van der Waals surface area contributed by atoms with Gasteiger partial charge in [0.25, 0.3) is 0 Å². The average Bonchev–Trinajstić information content (AvgIpc) is 2.77. The molecule has 1 aromatic rings. The molecule has 4 heteroatoms. The number of hydrogen-bond donors (Lipinski definition) is 0. The first-order chi connectivity index (χ1) is 7.72. The quantitative estimate of drug-likeness (QED) is 0.841. The van der Waals surface area contributed by atoms with E-state index < -0.39 is 10.8 Å². The van der Waals surface area contributed by atoms with Crippen LogP contribution < -0.4 is 0 Å². The minimum Gasteiger partial charge on any atom is -0.254 e. The van der Waals surface area contributed by atoms with E-state index in [1.165, 1.54) is 0 Å². The summed E-state index contributed by atoms with van der Waals surface area (Å²) in [5.41, 5.74) is 0. The predicted octanol–water partition coefficient (Wildman–Crippen LogP) is 3.25. The van der Waals surface area contributed by atoms with E-state index in [1.54, 1.807) is 0 Å². The highest BCUT2D eigenvalue weighted by atomic mass is 79.9. The second kappa shape index (κ2) is 5.11. The van der Waals surface area contributed by atoms with E-state index in [9.17, 15) is 4.21 Å². The van der Waals surface area contributed by atoms with Crippen LogP contribution in [0.4, 0.5) is 0 Å². The Morgan fingerprint density at radius 3 is 2.62 bits per heavy atom. The predicted molar refractivity (Wildman–Crippen MR) is 67.3 cm³/mol. The van der Waals surface area contributed by atoms with Crippen molar-refractivity contribution in [3.05, 3.63) is 28.7 Å². The molecule has 84 valence electrons. The molecule has 0 N–H and O–H groups in total. The van der Waals surface area contributed by atoms with Crippen LogP contribution in [0.2, 0.25) is 0 Å². The zero-order chi connectivity index (χ0) is 11.5. The molecular weight excluding hydrogens is 286 g/mol. The molecule has 0 saturated heterocycles. The third-order valence-corrected chi connectivity index (χ3v) is 5.32. The molecule has 0 bridgehead atoms. The maximum absolute atomic E-state index is 12.3. The zero-order valence-electron chi connectivity index (χ0n) is 8.73. The van der Waals surface area contributed by atoms with Crippen molar-refractivity contribution in [1.29, 1.82) is 5.26 Å². The molecule has 3 unspecified atom stereocenters. The summed E-state index contributed by atoms with van der Waals surface area (Å²) in [5, 5.41) is 9.00.